The molecule has 0 aromatic rings. The molecule has 4 radical (unpaired) electrons. The number of carboxylic acids is 1. The van der Waals surface area contributed by atoms with Crippen LogP contribution in [0.3, 0.4) is 0 Å². The van der Waals surface area contributed by atoms with Gasteiger partial charge in [0.1, 0.15) is 15.7 Å². The Morgan fingerprint density at radius 1 is 1.10 bits per heavy atom. The lowest BCUT2D eigenvalue weighted by molar-refractivity contribution is -0.140. The van der Waals surface area contributed by atoms with Crippen molar-refractivity contribution < 1.29 is 24.5 Å². The molecule has 2 rings (SSSR count). The molecule has 2 aliphatic heterocycles. The van der Waals surface area contributed by atoms with E-state index in [0.29, 0.717) is 5.92 Å². The van der Waals surface area contributed by atoms with Gasteiger partial charge < -0.3 is 19.7 Å². The maximum atomic E-state index is 10.3. The molecule has 2 saturated heterocycles. The largest absolute Gasteiger partial charge is 0.481 e. The summed E-state index contributed by atoms with van der Waals surface area (Å²) >= 11 is 0. The van der Waals surface area contributed by atoms with Gasteiger partial charge in [-0.3, -0.25) is 4.79 Å². The van der Waals surface area contributed by atoms with Gasteiger partial charge in [-0.05, 0) is 24.7 Å². The van der Waals surface area contributed by atoms with Gasteiger partial charge in [-0.15, -0.1) is 0 Å². The van der Waals surface area contributed by atoms with Gasteiger partial charge in [-0.25, -0.2) is 0 Å². The summed E-state index contributed by atoms with van der Waals surface area (Å²) in [5, 5.41) is 17.1. The first kappa shape index (κ1) is 17.5. The Kier molecular flexibility index (Phi) is 7.06. The quantitative estimate of drug-likeness (QED) is 0.726. The molecule has 2 aliphatic rings. The Labute approximate surface area is 122 Å². The highest BCUT2D eigenvalue weighted by Gasteiger charge is 2.30. The van der Waals surface area contributed by atoms with Crippen LogP contribution in [0.25, 0.3) is 0 Å². The molecule has 0 aromatic heterocycles. The average Bonchev–Trinajstić information content (AvgIpc) is 2.81. The van der Waals surface area contributed by atoms with Gasteiger partial charge >= 0.3 is 5.97 Å². The summed E-state index contributed by atoms with van der Waals surface area (Å²) in [5.41, 5.74) is 0. The Balaban J connectivity index is 0.000000204. The molecule has 2 N–H and O–H groups in total. The van der Waals surface area contributed by atoms with Crippen molar-refractivity contribution in [2.75, 3.05) is 6.61 Å². The number of rotatable bonds is 3. The summed E-state index contributed by atoms with van der Waals surface area (Å²) in [5.74, 6) is -0.151. The van der Waals surface area contributed by atoms with Crippen molar-refractivity contribution in [1.29, 1.82) is 0 Å². The zero-order valence-corrected chi connectivity index (χ0v) is 12.1. The minimum Gasteiger partial charge on any atom is -0.481 e. The molecule has 7 heteroatoms. The minimum absolute atomic E-state index is 0.0278. The molecular weight excluding hydrogens is 258 g/mol. The SMILES string of the molecule is [B][C@H]1C[C@@H](C)[C@@H](CC(=O)O)O1.[B][C@H]1C[C@@H](C)[C@@H](CO)O1. The van der Waals surface area contributed by atoms with E-state index in [9.17, 15) is 4.79 Å². The molecule has 110 valence electrons. The maximum absolute atomic E-state index is 10.3. The summed E-state index contributed by atoms with van der Waals surface area (Å²) in [7, 11) is 10.9. The summed E-state index contributed by atoms with van der Waals surface area (Å²) in [6.07, 6.45) is 1.47. The summed E-state index contributed by atoms with van der Waals surface area (Å²) in [6, 6.07) is -0.425. The normalized spacial score (nSPS) is 40.1. The van der Waals surface area contributed by atoms with Crippen LogP contribution in [0.1, 0.15) is 33.1 Å². The summed E-state index contributed by atoms with van der Waals surface area (Å²) in [4.78, 5) is 10.3. The van der Waals surface area contributed by atoms with E-state index in [4.69, 9.17) is 35.4 Å². The Bertz CT molecular complexity index is 315. The smallest absolute Gasteiger partial charge is 0.305 e. The number of aliphatic carboxylic acids is 1. The van der Waals surface area contributed by atoms with Crippen LogP contribution in [0.15, 0.2) is 0 Å². The molecule has 0 aromatic carbocycles. The molecule has 0 unspecified atom stereocenters. The third-order valence-corrected chi connectivity index (χ3v) is 3.73. The third kappa shape index (κ3) is 5.46. The van der Waals surface area contributed by atoms with E-state index in [1.807, 2.05) is 13.8 Å². The van der Waals surface area contributed by atoms with Crippen molar-refractivity contribution in [1.82, 2.24) is 0 Å². The lowest BCUT2D eigenvalue weighted by atomic mass is 9.91. The lowest BCUT2D eigenvalue weighted by Gasteiger charge is -2.11. The van der Waals surface area contributed by atoms with E-state index in [2.05, 4.69) is 0 Å². The zero-order chi connectivity index (χ0) is 15.3. The summed E-state index contributed by atoms with van der Waals surface area (Å²) in [6.45, 7) is 4.09. The number of hydrogen-bond acceptors (Lipinski definition) is 4. The maximum Gasteiger partial charge on any atom is 0.305 e. The predicted octanol–water partition coefficient (Wildman–Crippen LogP) is 0.279. The lowest BCUT2D eigenvalue weighted by Crippen LogP contribution is -2.18. The van der Waals surface area contributed by atoms with E-state index in [-0.39, 0.29) is 43.2 Å². The molecule has 2 heterocycles. The van der Waals surface area contributed by atoms with Gasteiger partial charge in [0.2, 0.25) is 0 Å². The monoisotopic (exact) mass is 280 g/mol. The van der Waals surface area contributed by atoms with Crippen LogP contribution < -0.4 is 0 Å². The highest BCUT2D eigenvalue weighted by Crippen LogP contribution is 2.26. The molecule has 0 saturated carbocycles. The van der Waals surface area contributed by atoms with Gasteiger partial charge in [0, 0.05) is 12.0 Å². The molecule has 5 nitrogen and oxygen atoms in total. The van der Waals surface area contributed by atoms with Gasteiger partial charge in [-0.1, -0.05) is 13.8 Å². The topological polar surface area (TPSA) is 76.0 Å². The number of aliphatic hydroxyl groups is 1. The van der Waals surface area contributed by atoms with Crippen LogP contribution in [-0.2, 0) is 14.3 Å². The van der Waals surface area contributed by atoms with Crippen molar-refractivity contribution in [3.63, 3.8) is 0 Å². The van der Waals surface area contributed by atoms with Gasteiger partial charge in [0.25, 0.3) is 0 Å². The van der Waals surface area contributed by atoms with Crippen LogP contribution in [-0.4, -0.2) is 62.7 Å². The molecule has 6 atom stereocenters. The molecular formula is C13H22B2O5. The fourth-order valence-electron chi connectivity index (χ4n) is 2.51. The molecule has 2 fully saturated rings. The number of carboxylic acid groups (broad SMARTS) is 1. The van der Waals surface area contributed by atoms with Gasteiger partial charge in [0.15, 0.2) is 0 Å². The zero-order valence-electron chi connectivity index (χ0n) is 12.1. The third-order valence-electron chi connectivity index (χ3n) is 3.73. The van der Waals surface area contributed by atoms with Crippen LogP contribution >= 0.6 is 0 Å². The highest BCUT2D eigenvalue weighted by molar-refractivity contribution is 6.11. The molecule has 0 amide bonds. The number of ether oxygens (including phenoxy) is 2. The first-order chi connectivity index (χ1) is 9.33. The van der Waals surface area contributed by atoms with E-state index < -0.39 is 5.97 Å². The molecule has 20 heavy (non-hydrogen) atoms. The van der Waals surface area contributed by atoms with Crippen LogP contribution in [0.2, 0.25) is 0 Å². The van der Waals surface area contributed by atoms with Gasteiger partial charge in [-0.2, -0.15) is 0 Å². The molecule has 0 spiro atoms. The van der Waals surface area contributed by atoms with Crippen molar-refractivity contribution in [3.05, 3.63) is 0 Å². The second kappa shape index (κ2) is 8.05. The Morgan fingerprint density at radius 2 is 1.55 bits per heavy atom. The Hall–Kier alpha value is -0.520. The van der Waals surface area contributed by atoms with Crippen molar-refractivity contribution in [2.45, 2.75) is 57.3 Å². The molecule has 0 bridgehead atoms. The fourth-order valence-corrected chi connectivity index (χ4v) is 2.51. The standard InChI is InChI=1S/C7H11BO3.C6H11BO2/c1-4-2-6(8)11-5(4)3-7(9)10;1-4-2-6(7)9-5(4)3-8/h4-6H,2-3H2,1H3,(H,9,10);4-6,8H,2-3H2,1H3/t2*4-,5-,6-/m11/s1. The predicted molar refractivity (Wildman–Crippen MR) is 75.7 cm³/mol. The first-order valence-electron chi connectivity index (χ1n) is 6.98. The second-order valence-corrected chi connectivity index (χ2v) is 5.63. The van der Waals surface area contributed by atoms with Crippen LogP contribution in [0, 0.1) is 11.8 Å². The average molecular weight is 280 g/mol. The van der Waals surface area contributed by atoms with Crippen molar-refractivity contribution >= 4 is 21.7 Å². The Morgan fingerprint density at radius 3 is 1.80 bits per heavy atom. The van der Waals surface area contributed by atoms with Gasteiger partial charge in [0.05, 0.1) is 25.2 Å². The van der Waals surface area contributed by atoms with Crippen molar-refractivity contribution in [2.24, 2.45) is 11.8 Å². The number of hydrogen-bond donors (Lipinski definition) is 2. The number of carbonyl (C=O) groups is 1. The molecule has 0 aliphatic carbocycles. The highest BCUT2D eigenvalue weighted by atomic mass is 16.5. The first-order valence-corrected chi connectivity index (χ1v) is 6.98. The number of aliphatic hydroxyl groups excluding tert-OH is 1. The van der Waals surface area contributed by atoms with Crippen LogP contribution in [0.4, 0.5) is 0 Å². The van der Waals surface area contributed by atoms with Crippen molar-refractivity contribution in [3.8, 4) is 0 Å². The van der Waals surface area contributed by atoms with E-state index >= 15 is 0 Å². The summed E-state index contributed by atoms with van der Waals surface area (Å²) < 4.78 is 10.3. The fraction of sp³-hybridized carbons (Fsp3) is 0.923. The van der Waals surface area contributed by atoms with E-state index in [0.717, 1.165) is 12.8 Å². The minimum atomic E-state index is -0.823. The van der Waals surface area contributed by atoms with E-state index in [1.54, 1.807) is 0 Å². The second-order valence-electron chi connectivity index (χ2n) is 5.63. The van der Waals surface area contributed by atoms with Crippen LogP contribution in [0.5, 0.6) is 0 Å². The van der Waals surface area contributed by atoms with E-state index in [1.165, 1.54) is 0 Å².